The van der Waals surface area contributed by atoms with Crippen LogP contribution in [0.1, 0.15) is 95.7 Å². The number of allylic oxidation sites excluding steroid dienone is 2. The van der Waals surface area contributed by atoms with Crippen LogP contribution in [-0.4, -0.2) is 26.4 Å². The van der Waals surface area contributed by atoms with Crippen LogP contribution in [0, 0.1) is 24.7 Å². The van der Waals surface area contributed by atoms with Crippen LogP contribution in [0.25, 0.3) is 33.3 Å². The number of ether oxygens (including phenoxy) is 2. The number of benzene rings is 3. The standard InChI is InChI=1S/C46H54N4O2/c1-29(2)16-20-40-46(45-32(6)12-11-13-33(45)7)42(21-17-30(3)4)50(48-40)34-24-31(5)25-37(26-34)52-36-18-19-39-38-14-9-10-15-41(38)49(43(39)27-36)44-28-35(51-8)22-23-47-44/h9-10,12,14-15,18-19,22-30,33,45H,11,13,16-17,20-21H2,1-8H3/t33-,45?/m0/s1. The molecular formula is C46H54N4O2. The molecule has 0 saturated heterocycles. The zero-order chi connectivity index (χ0) is 36.5. The van der Waals surface area contributed by atoms with Gasteiger partial charge in [-0.25, -0.2) is 9.67 Å². The van der Waals surface area contributed by atoms with Crippen molar-refractivity contribution in [2.75, 3.05) is 7.11 Å². The van der Waals surface area contributed by atoms with Crippen LogP contribution >= 0.6 is 0 Å². The van der Waals surface area contributed by atoms with E-state index in [-0.39, 0.29) is 0 Å². The van der Waals surface area contributed by atoms with Crippen molar-refractivity contribution in [1.29, 1.82) is 0 Å². The second-order valence-corrected chi connectivity index (χ2v) is 15.8. The molecule has 3 aromatic heterocycles. The Hall–Kier alpha value is -4.84. The number of para-hydroxylation sites is 1. The highest BCUT2D eigenvalue weighted by molar-refractivity contribution is 6.09. The summed E-state index contributed by atoms with van der Waals surface area (Å²) < 4.78 is 16.8. The molecule has 0 N–H and O–H groups in total. The van der Waals surface area contributed by atoms with Crippen molar-refractivity contribution in [1.82, 2.24) is 19.3 Å². The number of hydrogen-bond acceptors (Lipinski definition) is 4. The molecule has 0 fully saturated rings. The van der Waals surface area contributed by atoms with E-state index in [1.807, 2.05) is 12.1 Å². The first kappa shape index (κ1) is 35.6. The van der Waals surface area contributed by atoms with Crippen molar-refractivity contribution < 1.29 is 9.47 Å². The van der Waals surface area contributed by atoms with Crippen LogP contribution in [0.4, 0.5) is 0 Å². The minimum absolute atomic E-state index is 0.407. The molecule has 0 saturated carbocycles. The SMILES string of the molecule is COc1ccnc(-n2c3ccccc3c3ccc(Oc4cc(C)cc(-n5nc(CCC(C)C)c(C6C(C)=CCC[C@@H]6C)c5CCC(C)C)c4)cc32)c1. The van der Waals surface area contributed by atoms with Crippen molar-refractivity contribution in [2.45, 2.75) is 92.9 Å². The van der Waals surface area contributed by atoms with Crippen molar-refractivity contribution in [3.63, 3.8) is 0 Å². The Morgan fingerprint density at radius 2 is 1.58 bits per heavy atom. The molecule has 6 heteroatoms. The number of nitrogens with zero attached hydrogens (tertiary/aromatic N) is 4. The number of methoxy groups -OCH3 is 1. The predicted octanol–water partition coefficient (Wildman–Crippen LogP) is 12.1. The quantitative estimate of drug-likeness (QED) is 0.120. The Morgan fingerprint density at radius 3 is 2.35 bits per heavy atom. The van der Waals surface area contributed by atoms with Gasteiger partial charge in [-0.3, -0.25) is 4.57 Å². The molecule has 1 aliphatic carbocycles. The minimum atomic E-state index is 0.407. The van der Waals surface area contributed by atoms with E-state index >= 15 is 0 Å². The molecular weight excluding hydrogens is 641 g/mol. The second-order valence-electron chi connectivity index (χ2n) is 15.8. The second kappa shape index (κ2) is 15.0. The molecule has 6 nitrogen and oxygen atoms in total. The molecule has 0 radical (unpaired) electrons. The van der Waals surface area contributed by atoms with E-state index in [1.54, 1.807) is 13.3 Å². The van der Waals surface area contributed by atoms with Crippen LogP contribution in [0.3, 0.4) is 0 Å². The van der Waals surface area contributed by atoms with E-state index in [4.69, 9.17) is 19.6 Å². The van der Waals surface area contributed by atoms with Gasteiger partial charge in [0.15, 0.2) is 0 Å². The van der Waals surface area contributed by atoms with Gasteiger partial charge >= 0.3 is 0 Å². The number of aryl methyl sites for hydroxylation is 2. The molecule has 270 valence electrons. The van der Waals surface area contributed by atoms with E-state index in [0.29, 0.717) is 23.7 Å². The molecule has 1 aliphatic rings. The number of aromatic nitrogens is 4. The Balaban J connectivity index is 1.33. The third-order valence-electron chi connectivity index (χ3n) is 10.8. The van der Waals surface area contributed by atoms with Crippen molar-refractivity contribution >= 4 is 21.8 Å². The third-order valence-corrected chi connectivity index (χ3v) is 10.8. The van der Waals surface area contributed by atoms with Gasteiger partial charge in [-0.15, -0.1) is 0 Å². The fourth-order valence-corrected chi connectivity index (χ4v) is 8.15. The first-order valence-electron chi connectivity index (χ1n) is 19.2. The summed E-state index contributed by atoms with van der Waals surface area (Å²) in [7, 11) is 1.69. The van der Waals surface area contributed by atoms with Gasteiger partial charge in [0, 0.05) is 52.3 Å². The third kappa shape index (κ3) is 7.13. The average molecular weight is 695 g/mol. The molecule has 0 spiro atoms. The highest BCUT2D eigenvalue weighted by Gasteiger charge is 2.32. The molecule has 3 heterocycles. The number of rotatable bonds is 12. The van der Waals surface area contributed by atoms with Crippen LogP contribution < -0.4 is 9.47 Å². The Bertz CT molecular complexity index is 2240. The lowest BCUT2D eigenvalue weighted by Crippen LogP contribution is -2.18. The fourth-order valence-electron chi connectivity index (χ4n) is 8.15. The molecule has 2 atom stereocenters. The van der Waals surface area contributed by atoms with Gasteiger partial charge in [0.05, 0.1) is 29.5 Å². The molecule has 7 rings (SSSR count). The van der Waals surface area contributed by atoms with Crippen LogP contribution in [0.15, 0.2) is 90.6 Å². The zero-order valence-corrected chi connectivity index (χ0v) is 32.2. The van der Waals surface area contributed by atoms with E-state index < -0.39 is 0 Å². The van der Waals surface area contributed by atoms with Crippen LogP contribution in [-0.2, 0) is 12.8 Å². The highest BCUT2D eigenvalue weighted by Crippen LogP contribution is 2.43. The fraction of sp³-hybridized carbons (Fsp3) is 0.391. The lowest BCUT2D eigenvalue weighted by atomic mass is 9.74. The summed E-state index contributed by atoms with van der Waals surface area (Å²) in [5.74, 6) is 5.35. The normalized spacial score (nSPS) is 16.3. The maximum absolute atomic E-state index is 6.76. The summed E-state index contributed by atoms with van der Waals surface area (Å²) >= 11 is 0. The van der Waals surface area contributed by atoms with Gasteiger partial charge in [-0.1, -0.05) is 64.5 Å². The van der Waals surface area contributed by atoms with Gasteiger partial charge in [0.2, 0.25) is 0 Å². The monoisotopic (exact) mass is 694 g/mol. The Kier molecular flexibility index (Phi) is 10.3. The van der Waals surface area contributed by atoms with Crippen molar-refractivity contribution in [3.05, 3.63) is 113 Å². The minimum Gasteiger partial charge on any atom is -0.497 e. The van der Waals surface area contributed by atoms with Gasteiger partial charge in [0.25, 0.3) is 0 Å². The average Bonchev–Trinajstić information content (AvgIpc) is 3.64. The summed E-state index contributed by atoms with van der Waals surface area (Å²) in [6.07, 6.45) is 10.9. The predicted molar refractivity (Wildman–Crippen MR) is 215 cm³/mol. The van der Waals surface area contributed by atoms with E-state index in [2.05, 4.69) is 124 Å². The lowest BCUT2D eigenvalue weighted by Gasteiger charge is -2.30. The van der Waals surface area contributed by atoms with Gasteiger partial charge in [0.1, 0.15) is 23.1 Å². The van der Waals surface area contributed by atoms with Crippen molar-refractivity contribution in [2.24, 2.45) is 17.8 Å². The molecule has 6 aromatic rings. The van der Waals surface area contributed by atoms with E-state index in [9.17, 15) is 0 Å². The molecule has 0 bridgehead atoms. The largest absolute Gasteiger partial charge is 0.497 e. The molecule has 52 heavy (non-hydrogen) atoms. The van der Waals surface area contributed by atoms with Gasteiger partial charge in [-0.2, -0.15) is 5.10 Å². The summed E-state index contributed by atoms with van der Waals surface area (Å²) in [5, 5.41) is 7.81. The summed E-state index contributed by atoms with van der Waals surface area (Å²) in [4.78, 5) is 4.74. The van der Waals surface area contributed by atoms with Gasteiger partial charge < -0.3 is 9.47 Å². The smallest absolute Gasteiger partial charge is 0.141 e. The Labute approximate surface area is 309 Å². The maximum Gasteiger partial charge on any atom is 0.141 e. The molecule has 0 aliphatic heterocycles. The maximum atomic E-state index is 6.76. The first-order valence-corrected chi connectivity index (χ1v) is 19.2. The van der Waals surface area contributed by atoms with Crippen LogP contribution in [0.5, 0.6) is 17.2 Å². The molecule has 3 aromatic carbocycles. The number of hydrogen-bond donors (Lipinski definition) is 0. The number of fused-ring (bicyclic) bond motifs is 3. The summed E-state index contributed by atoms with van der Waals surface area (Å²) in [6.45, 7) is 16.2. The molecule has 0 amide bonds. The molecule has 1 unspecified atom stereocenters. The lowest BCUT2D eigenvalue weighted by molar-refractivity contribution is 0.414. The Morgan fingerprint density at radius 1 is 0.808 bits per heavy atom. The highest BCUT2D eigenvalue weighted by atomic mass is 16.5. The zero-order valence-electron chi connectivity index (χ0n) is 32.2. The number of pyridine rings is 1. The topological polar surface area (TPSA) is 54.1 Å². The van der Waals surface area contributed by atoms with Crippen molar-refractivity contribution in [3.8, 4) is 28.8 Å². The van der Waals surface area contributed by atoms with Gasteiger partial charge in [-0.05, 0) is 112 Å². The van der Waals surface area contributed by atoms with Crippen LogP contribution in [0.2, 0.25) is 0 Å². The first-order chi connectivity index (χ1) is 25.1. The van der Waals surface area contributed by atoms with E-state index in [1.165, 1.54) is 40.8 Å². The van der Waals surface area contributed by atoms with E-state index in [0.717, 1.165) is 76.4 Å². The summed E-state index contributed by atoms with van der Waals surface area (Å²) in [6, 6.07) is 25.2. The summed E-state index contributed by atoms with van der Waals surface area (Å²) in [5.41, 5.74) is 9.94.